The van der Waals surface area contributed by atoms with E-state index in [2.05, 4.69) is 10.2 Å². The van der Waals surface area contributed by atoms with Gasteiger partial charge in [-0.1, -0.05) is 37.5 Å². The number of nitrogens with one attached hydrogen (secondary N) is 1. The average molecular weight is 434 g/mol. The number of halogens is 2. The van der Waals surface area contributed by atoms with Crippen molar-refractivity contribution in [3.8, 4) is 5.75 Å². The first kappa shape index (κ1) is 25.0. The highest BCUT2D eigenvalue weighted by molar-refractivity contribution is 5.86. The van der Waals surface area contributed by atoms with Gasteiger partial charge in [0.15, 0.2) is 0 Å². The van der Waals surface area contributed by atoms with Crippen LogP contribution >= 0.6 is 24.8 Å². The Labute approximate surface area is 180 Å². The van der Waals surface area contributed by atoms with E-state index in [-0.39, 0.29) is 30.7 Å². The molecule has 1 saturated carbocycles. The summed E-state index contributed by atoms with van der Waals surface area (Å²) in [6, 6.07) is 7.88. The fraction of sp³-hybridized carbons (Fsp3) is 0.650. The number of nitrogens with two attached hydrogens (primary N) is 1. The quantitative estimate of drug-likeness (QED) is 0.690. The van der Waals surface area contributed by atoms with Crippen molar-refractivity contribution in [2.45, 2.75) is 44.2 Å². The second kappa shape index (κ2) is 12.5. The molecule has 3 N–H and O–H groups in total. The van der Waals surface area contributed by atoms with Gasteiger partial charge in [-0.05, 0) is 18.9 Å². The summed E-state index contributed by atoms with van der Waals surface area (Å²) in [7, 11) is 0. The maximum absolute atomic E-state index is 12.5. The first-order valence-electron chi connectivity index (χ1n) is 9.75. The normalized spacial score (nSPS) is 19.0. The van der Waals surface area contributed by atoms with E-state index in [9.17, 15) is 4.79 Å². The van der Waals surface area contributed by atoms with Crippen LogP contribution in [0, 0.1) is 0 Å². The number of amides is 1. The van der Waals surface area contributed by atoms with Gasteiger partial charge in [-0.15, -0.1) is 24.8 Å². The molecule has 1 aliphatic carbocycles. The van der Waals surface area contributed by atoms with Crippen LogP contribution in [0.2, 0.25) is 0 Å². The van der Waals surface area contributed by atoms with Crippen molar-refractivity contribution in [1.82, 2.24) is 10.2 Å². The molecule has 1 amide bonds. The molecule has 28 heavy (non-hydrogen) atoms. The lowest BCUT2D eigenvalue weighted by atomic mass is 9.82. The van der Waals surface area contributed by atoms with Gasteiger partial charge in [0.1, 0.15) is 12.4 Å². The molecule has 0 unspecified atom stereocenters. The zero-order chi connectivity index (χ0) is 18.2. The van der Waals surface area contributed by atoms with E-state index in [1.807, 2.05) is 24.3 Å². The van der Waals surface area contributed by atoms with Crippen LogP contribution in [0.15, 0.2) is 24.3 Å². The molecule has 0 radical (unpaired) electrons. The number of carbonyl (C=O) groups excluding carboxylic acids is 1. The van der Waals surface area contributed by atoms with Gasteiger partial charge >= 0.3 is 0 Å². The van der Waals surface area contributed by atoms with E-state index in [1.54, 1.807) is 0 Å². The first-order chi connectivity index (χ1) is 12.7. The number of rotatable bonds is 7. The molecule has 1 aromatic carbocycles. The van der Waals surface area contributed by atoms with Crippen molar-refractivity contribution in [2.75, 3.05) is 39.5 Å². The topological polar surface area (TPSA) is 76.8 Å². The van der Waals surface area contributed by atoms with Gasteiger partial charge in [-0.2, -0.15) is 0 Å². The zero-order valence-corrected chi connectivity index (χ0v) is 18.0. The maximum atomic E-state index is 12.5. The van der Waals surface area contributed by atoms with Crippen LogP contribution < -0.4 is 15.8 Å². The van der Waals surface area contributed by atoms with Crippen molar-refractivity contribution in [2.24, 2.45) is 5.73 Å². The summed E-state index contributed by atoms with van der Waals surface area (Å²) < 4.78 is 11.3. The summed E-state index contributed by atoms with van der Waals surface area (Å²) in [5, 5.41) is 3.02. The molecule has 160 valence electrons. The Hall–Kier alpha value is -1.05. The monoisotopic (exact) mass is 433 g/mol. The number of ether oxygens (including phenoxy) is 2. The molecule has 0 aromatic heterocycles. The molecular formula is C20H33Cl2N3O3. The Bertz CT molecular complexity index is 592. The number of benzene rings is 1. The fourth-order valence-corrected chi connectivity index (χ4v) is 3.66. The Morgan fingerprint density at radius 1 is 1.14 bits per heavy atom. The lowest BCUT2D eigenvalue weighted by Gasteiger charge is -2.31. The lowest BCUT2D eigenvalue weighted by Crippen LogP contribution is -2.54. The largest absolute Gasteiger partial charge is 0.492 e. The van der Waals surface area contributed by atoms with Gasteiger partial charge in [-0.25, -0.2) is 0 Å². The molecular weight excluding hydrogens is 401 g/mol. The summed E-state index contributed by atoms with van der Waals surface area (Å²) in [6.45, 7) is 5.47. The molecule has 2 aliphatic rings. The molecule has 1 saturated heterocycles. The molecule has 0 bridgehead atoms. The van der Waals surface area contributed by atoms with Crippen LogP contribution in [0.25, 0.3) is 0 Å². The van der Waals surface area contributed by atoms with Crippen molar-refractivity contribution in [3.63, 3.8) is 0 Å². The number of hydrogen-bond donors (Lipinski definition) is 2. The SMILES string of the molecule is Cl.Cl.NC1(C(=O)NCc2ccccc2OCCN2CCOCC2)CCCCC1. The fourth-order valence-electron chi connectivity index (χ4n) is 3.66. The van der Waals surface area contributed by atoms with Crippen molar-refractivity contribution in [1.29, 1.82) is 0 Å². The molecule has 8 heteroatoms. The number of morpholine rings is 1. The van der Waals surface area contributed by atoms with E-state index < -0.39 is 5.54 Å². The van der Waals surface area contributed by atoms with Crippen LogP contribution in [0.1, 0.15) is 37.7 Å². The zero-order valence-electron chi connectivity index (χ0n) is 16.4. The Morgan fingerprint density at radius 2 is 1.82 bits per heavy atom. The smallest absolute Gasteiger partial charge is 0.240 e. The van der Waals surface area contributed by atoms with Gasteiger partial charge in [0.05, 0.1) is 18.8 Å². The van der Waals surface area contributed by atoms with Crippen molar-refractivity contribution >= 4 is 30.7 Å². The third-order valence-electron chi connectivity index (χ3n) is 5.38. The molecule has 2 fully saturated rings. The minimum Gasteiger partial charge on any atom is -0.492 e. The number of para-hydroxylation sites is 1. The first-order valence-corrected chi connectivity index (χ1v) is 9.75. The van der Waals surface area contributed by atoms with E-state index in [1.165, 1.54) is 6.42 Å². The molecule has 1 heterocycles. The van der Waals surface area contributed by atoms with Gasteiger partial charge in [0.25, 0.3) is 0 Å². The molecule has 0 spiro atoms. The van der Waals surface area contributed by atoms with Crippen LogP contribution in [-0.4, -0.2) is 55.8 Å². The van der Waals surface area contributed by atoms with Crippen molar-refractivity contribution in [3.05, 3.63) is 29.8 Å². The number of nitrogens with zero attached hydrogens (tertiary/aromatic N) is 1. The summed E-state index contributed by atoms with van der Waals surface area (Å²) in [4.78, 5) is 14.9. The Kier molecular flexibility index (Phi) is 11.2. The van der Waals surface area contributed by atoms with E-state index in [4.69, 9.17) is 15.2 Å². The summed E-state index contributed by atoms with van der Waals surface area (Å²) in [6.07, 6.45) is 4.79. The third-order valence-corrected chi connectivity index (χ3v) is 5.38. The number of carbonyl (C=O) groups is 1. The van der Waals surface area contributed by atoms with E-state index in [0.717, 1.165) is 69.8 Å². The van der Waals surface area contributed by atoms with Crippen LogP contribution in [-0.2, 0) is 16.1 Å². The van der Waals surface area contributed by atoms with Crippen LogP contribution in [0.4, 0.5) is 0 Å². The summed E-state index contributed by atoms with van der Waals surface area (Å²) >= 11 is 0. The van der Waals surface area contributed by atoms with Crippen molar-refractivity contribution < 1.29 is 14.3 Å². The molecule has 1 aliphatic heterocycles. The standard InChI is InChI=1S/C20H31N3O3.2ClH/c21-20(8-4-1-5-9-20)19(24)22-16-17-6-2-3-7-18(17)26-15-12-23-10-13-25-14-11-23;;/h2-3,6-7H,1,4-5,8-16,21H2,(H,22,24);2*1H. The summed E-state index contributed by atoms with van der Waals surface area (Å²) in [5.74, 6) is 0.788. The highest BCUT2D eigenvalue weighted by Gasteiger charge is 2.35. The second-order valence-electron chi connectivity index (χ2n) is 7.31. The second-order valence-corrected chi connectivity index (χ2v) is 7.31. The Balaban J connectivity index is 0.00000196. The highest BCUT2D eigenvalue weighted by Crippen LogP contribution is 2.26. The lowest BCUT2D eigenvalue weighted by molar-refractivity contribution is -0.127. The molecule has 6 nitrogen and oxygen atoms in total. The van der Waals surface area contributed by atoms with Gasteiger partial charge < -0.3 is 20.5 Å². The predicted octanol–water partition coefficient (Wildman–Crippen LogP) is 2.52. The molecule has 0 atom stereocenters. The van der Waals surface area contributed by atoms with Gasteiger partial charge in [0, 0.05) is 31.7 Å². The minimum atomic E-state index is -0.704. The van der Waals surface area contributed by atoms with E-state index in [0.29, 0.717) is 13.2 Å². The molecule has 1 aromatic rings. The molecule has 3 rings (SSSR count). The highest BCUT2D eigenvalue weighted by atomic mass is 35.5. The average Bonchev–Trinajstić information content (AvgIpc) is 2.68. The number of hydrogen-bond acceptors (Lipinski definition) is 5. The maximum Gasteiger partial charge on any atom is 0.240 e. The predicted molar refractivity (Wildman–Crippen MR) is 116 cm³/mol. The van der Waals surface area contributed by atoms with Gasteiger partial charge in [0.2, 0.25) is 5.91 Å². The van der Waals surface area contributed by atoms with Crippen LogP contribution in [0.3, 0.4) is 0 Å². The summed E-state index contributed by atoms with van der Waals surface area (Å²) in [5.41, 5.74) is 6.59. The van der Waals surface area contributed by atoms with Crippen LogP contribution in [0.5, 0.6) is 5.75 Å². The van der Waals surface area contributed by atoms with Gasteiger partial charge in [-0.3, -0.25) is 9.69 Å². The Morgan fingerprint density at radius 3 is 2.54 bits per heavy atom. The minimum absolute atomic E-state index is 0. The third kappa shape index (κ3) is 7.08. The van der Waals surface area contributed by atoms with E-state index >= 15 is 0 Å².